The number of para-hydroxylation sites is 2. The number of imide groups is 1. The number of carbonyl (C=O) groups excluding carboxylic acids is 3. The number of urea groups is 1. The van der Waals surface area contributed by atoms with Gasteiger partial charge in [0, 0.05) is 34.6 Å². The van der Waals surface area contributed by atoms with Crippen LogP contribution in [0.4, 0.5) is 10.5 Å². The van der Waals surface area contributed by atoms with E-state index in [2.05, 4.69) is 10.3 Å². The molecular weight excluding hydrogens is 488 g/mol. The van der Waals surface area contributed by atoms with Crippen molar-refractivity contribution in [2.24, 2.45) is 0 Å². The third-order valence-corrected chi connectivity index (χ3v) is 7.37. The van der Waals surface area contributed by atoms with E-state index in [-0.39, 0.29) is 11.8 Å². The van der Waals surface area contributed by atoms with Crippen molar-refractivity contribution in [3.63, 3.8) is 0 Å². The van der Waals surface area contributed by atoms with Crippen molar-refractivity contribution in [3.8, 4) is 0 Å². The zero-order valence-electron chi connectivity index (χ0n) is 20.2. The lowest BCUT2D eigenvalue weighted by Crippen LogP contribution is -2.44. The van der Waals surface area contributed by atoms with E-state index in [0.29, 0.717) is 29.2 Å². The Morgan fingerprint density at radius 2 is 1.84 bits per heavy atom. The number of halogens is 1. The van der Waals surface area contributed by atoms with E-state index in [1.54, 1.807) is 35.2 Å². The Morgan fingerprint density at radius 3 is 2.65 bits per heavy atom. The molecule has 3 aromatic carbocycles. The first kappa shape index (κ1) is 23.3. The van der Waals surface area contributed by atoms with E-state index in [1.165, 1.54) is 0 Å². The summed E-state index contributed by atoms with van der Waals surface area (Å²) in [4.78, 5) is 47.3. The van der Waals surface area contributed by atoms with Crippen LogP contribution in [0.1, 0.15) is 46.6 Å². The maximum Gasteiger partial charge on any atom is 0.332 e. The standard InChI is InChI=1S/C29H25ClN4O3/c1-2-14-31-27(35)20-11-4-6-13-23(20)34-28(36)24-16-21-19-10-3-5-12-22(19)32-25(21)26(33(24)29(34)37)17-8-7-9-18(30)15-17/h3-13,15,24,26,32H,2,14,16H2,1H3,(H,31,35)/t24-,26+/m0/s1. The van der Waals surface area contributed by atoms with Gasteiger partial charge in [-0.2, -0.15) is 0 Å². The largest absolute Gasteiger partial charge is 0.356 e. The number of aromatic nitrogens is 1. The van der Waals surface area contributed by atoms with Crippen LogP contribution in [0, 0.1) is 0 Å². The number of rotatable bonds is 5. The summed E-state index contributed by atoms with van der Waals surface area (Å²) in [6.07, 6.45) is 1.15. The van der Waals surface area contributed by atoms with E-state index in [1.807, 2.05) is 49.4 Å². The van der Waals surface area contributed by atoms with Gasteiger partial charge in [0.25, 0.3) is 11.8 Å². The van der Waals surface area contributed by atoms with Crippen LogP contribution in [0.25, 0.3) is 10.9 Å². The normalized spacial score (nSPS) is 18.8. The van der Waals surface area contributed by atoms with Crippen LogP contribution in [0.5, 0.6) is 0 Å². The van der Waals surface area contributed by atoms with Gasteiger partial charge in [0.15, 0.2) is 0 Å². The summed E-state index contributed by atoms with van der Waals surface area (Å²) in [6.45, 7) is 2.47. The minimum Gasteiger partial charge on any atom is -0.356 e. The number of benzene rings is 3. The fourth-order valence-corrected chi connectivity index (χ4v) is 5.71. The second-order valence-corrected chi connectivity index (χ2v) is 9.81. The molecule has 1 saturated heterocycles. The Morgan fingerprint density at radius 1 is 1.05 bits per heavy atom. The zero-order chi connectivity index (χ0) is 25.7. The molecule has 0 saturated carbocycles. The van der Waals surface area contributed by atoms with Crippen molar-refractivity contribution in [1.29, 1.82) is 0 Å². The topological polar surface area (TPSA) is 85.5 Å². The molecule has 1 fully saturated rings. The highest BCUT2D eigenvalue weighted by atomic mass is 35.5. The number of anilines is 1. The Kier molecular flexibility index (Phi) is 5.72. The van der Waals surface area contributed by atoms with Crippen molar-refractivity contribution >= 4 is 46.0 Å². The second kappa shape index (κ2) is 9.09. The number of hydrogen-bond donors (Lipinski definition) is 2. The average Bonchev–Trinajstić information content (AvgIpc) is 3.40. The number of carbonyl (C=O) groups is 3. The number of nitrogens with zero attached hydrogens (tertiary/aromatic N) is 2. The molecule has 186 valence electrons. The first-order chi connectivity index (χ1) is 18.0. The molecule has 0 aliphatic carbocycles. The van der Waals surface area contributed by atoms with Gasteiger partial charge in [0.2, 0.25) is 0 Å². The number of nitrogens with one attached hydrogen (secondary N) is 2. The van der Waals surface area contributed by atoms with Crippen LogP contribution in [0.2, 0.25) is 5.02 Å². The quantitative estimate of drug-likeness (QED) is 0.349. The van der Waals surface area contributed by atoms with Gasteiger partial charge in [0.1, 0.15) is 12.1 Å². The molecule has 0 spiro atoms. The fraction of sp³-hybridized carbons (Fsp3) is 0.207. The first-order valence-corrected chi connectivity index (χ1v) is 12.8. The van der Waals surface area contributed by atoms with E-state index in [9.17, 15) is 14.4 Å². The SMILES string of the molecule is CCCNC(=O)c1ccccc1N1C(=O)[C@@H]2Cc3c([nH]c4ccccc34)[C@@H](c3cccc(Cl)c3)N2C1=O. The maximum atomic E-state index is 14.1. The summed E-state index contributed by atoms with van der Waals surface area (Å²) in [5.41, 5.74) is 4.23. The van der Waals surface area contributed by atoms with Gasteiger partial charge in [-0.25, -0.2) is 9.69 Å². The molecule has 6 rings (SSSR count). The van der Waals surface area contributed by atoms with E-state index in [0.717, 1.165) is 39.0 Å². The van der Waals surface area contributed by atoms with Crippen LogP contribution < -0.4 is 10.2 Å². The van der Waals surface area contributed by atoms with Crippen molar-refractivity contribution in [3.05, 3.63) is 100 Å². The molecule has 3 heterocycles. The number of fused-ring (bicyclic) bond motifs is 4. The summed E-state index contributed by atoms with van der Waals surface area (Å²) < 4.78 is 0. The van der Waals surface area contributed by atoms with Crippen molar-refractivity contribution in [2.45, 2.75) is 31.8 Å². The van der Waals surface area contributed by atoms with Gasteiger partial charge in [-0.3, -0.25) is 14.5 Å². The average molecular weight is 513 g/mol. The third kappa shape index (κ3) is 3.69. The lowest BCUT2D eigenvalue weighted by molar-refractivity contribution is -0.120. The van der Waals surface area contributed by atoms with Crippen LogP contribution in [0.3, 0.4) is 0 Å². The number of hydrogen-bond acceptors (Lipinski definition) is 3. The zero-order valence-corrected chi connectivity index (χ0v) is 21.0. The Labute approximate surface area is 219 Å². The molecule has 2 aliphatic rings. The van der Waals surface area contributed by atoms with E-state index in [4.69, 9.17) is 11.6 Å². The molecule has 8 heteroatoms. The van der Waals surface area contributed by atoms with Crippen LogP contribution in [-0.2, 0) is 11.2 Å². The molecule has 2 atom stereocenters. The minimum absolute atomic E-state index is 0.291. The smallest absolute Gasteiger partial charge is 0.332 e. The second-order valence-electron chi connectivity index (χ2n) is 9.38. The predicted molar refractivity (Wildman–Crippen MR) is 143 cm³/mol. The minimum atomic E-state index is -0.713. The molecule has 2 N–H and O–H groups in total. The van der Waals surface area contributed by atoms with Crippen LogP contribution >= 0.6 is 11.6 Å². The molecule has 1 aromatic heterocycles. The van der Waals surface area contributed by atoms with Crippen LogP contribution in [0.15, 0.2) is 72.8 Å². The first-order valence-electron chi connectivity index (χ1n) is 12.4. The molecule has 4 aromatic rings. The maximum absolute atomic E-state index is 14.1. The van der Waals surface area contributed by atoms with E-state index >= 15 is 0 Å². The van der Waals surface area contributed by atoms with E-state index < -0.39 is 18.1 Å². The Balaban J connectivity index is 1.49. The summed E-state index contributed by atoms with van der Waals surface area (Å²) in [5.74, 6) is -0.658. The number of amides is 4. The van der Waals surface area contributed by atoms with Crippen molar-refractivity contribution in [2.75, 3.05) is 11.4 Å². The highest BCUT2D eigenvalue weighted by molar-refractivity contribution is 6.30. The highest BCUT2D eigenvalue weighted by Gasteiger charge is 2.53. The molecular formula is C29H25ClN4O3. The molecule has 0 unspecified atom stereocenters. The summed E-state index contributed by atoms with van der Waals surface area (Å²) in [7, 11) is 0. The molecule has 0 radical (unpaired) electrons. The number of aromatic amines is 1. The molecule has 2 aliphatic heterocycles. The van der Waals surface area contributed by atoms with Gasteiger partial charge in [-0.1, -0.05) is 61.0 Å². The highest BCUT2D eigenvalue weighted by Crippen LogP contribution is 2.45. The lowest BCUT2D eigenvalue weighted by Gasteiger charge is -2.36. The monoisotopic (exact) mass is 512 g/mol. The predicted octanol–water partition coefficient (Wildman–Crippen LogP) is 5.44. The van der Waals surface area contributed by atoms with Gasteiger partial charge in [0.05, 0.1) is 11.3 Å². The summed E-state index contributed by atoms with van der Waals surface area (Å²) in [6, 6.07) is 20.4. The van der Waals surface area contributed by atoms with Crippen molar-refractivity contribution in [1.82, 2.24) is 15.2 Å². The molecule has 7 nitrogen and oxygen atoms in total. The molecule has 4 amide bonds. The Hall–Kier alpha value is -4.10. The van der Waals surface area contributed by atoms with Crippen LogP contribution in [-0.4, -0.2) is 40.3 Å². The van der Waals surface area contributed by atoms with Gasteiger partial charge >= 0.3 is 6.03 Å². The lowest BCUT2D eigenvalue weighted by atomic mass is 9.89. The summed E-state index contributed by atoms with van der Waals surface area (Å²) >= 11 is 6.36. The van der Waals surface area contributed by atoms with Gasteiger partial charge in [-0.05, 0) is 47.9 Å². The number of H-pyrrole nitrogens is 1. The third-order valence-electron chi connectivity index (χ3n) is 7.14. The van der Waals surface area contributed by atoms with Gasteiger partial charge < -0.3 is 10.3 Å². The molecule has 37 heavy (non-hydrogen) atoms. The van der Waals surface area contributed by atoms with Crippen molar-refractivity contribution < 1.29 is 14.4 Å². The van der Waals surface area contributed by atoms with Gasteiger partial charge in [-0.15, -0.1) is 0 Å². The summed E-state index contributed by atoms with van der Waals surface area (Å²) in [5, 5.41) is 4.43. The fourth-order valence-electron chi connectivity index (χ4n) is 5.51. The molecule has 0 bridgehead atoms. The Bertz CT molecular complexity index is 1560.